The van der Waals surface area contributed by atoms with E-state index in [1.165, 1.54) is 5.56 Å². The van der Waals surface area contributed by atoms with E-state index in [2.05, 4.69) is 10.6 Å². The van der Waals surface area contributed by atoms with Crippen molar-refractivity contribution in [3.05, 3.63) is 35.9 Å². The molecule has 0 radical (unpaired) electrons. The highest BCUT2D eigenvalue weighted by atomic mass is 16.4. The zero-order valence-electron chi connectivity index (χ0n) is 10.2. The van der Waals surface area contributed by atoms with Gasteiger partial charge in [0, 0.05) is 12.0 Å². The Kier molecular flexibility index (Phi) is 4.01. The van der Waals surface area contributed by atoms with Crippen molar-refractivity contribution in [3.8, 4) is 0 Å². The number of amides is 2. The Bertz CT molecular complexity index is 463. The fraction of sp³-hybridized carbons (Fsp3) is 0.385. The van der Waals surface area contributed by atoms with Crippen LogP contribution in [0.4, 0.5) is 4.79 Å². The van der Waals surface area contributed by atoms with Gasteiger partial charge in [0.2, 0.25) is 0 Å². The number of carbonyl (C=O) groups is 2. The van der Waals surface area contributed by atoms with E-state index in [0.29, 0.717) is 5.92 Å². The summed E-state index contributed by atoms with van der Waals surface area (Å²) in [7, 11) is 0. The molecule has 0 heterocycles. The van der Waals surface area contributed by atoms with Gasteiger partial charge in [0.05, 0.1) is 6.54 Å². The Balaban J connectivity index is 1.72. The van der Waals surface area contributed by atoms with Crippen molar-refractivity contribution in [2.45, 2.75) is 24.5 Å². The van der Waals surface area contributed by atoms with Crippen molar-refractivity contribution in [2.24, 2.45) is 0 Å². The van der Waals surface area contributed by atoms with Gasteiger partial charge < -0.3 is 20.8 Å². The van der Waals surface area contributed by atoms with Crippen molar-refractivity contribution >= 4 is 12.0 Å². The van der Waals surface area contributed by atoms with E-state index >= 15 is 0 Å². The first-order valence-corrected chi connectivity index (χ1v) is 6.08. The first-order chi connectivity index (χ1) is 9.08. The molecular formula is C13H16N2O4. The molecule has 4 N–H and O–H groups in total. The number of nitrogens with one attached hydrogen (secondary N) is 2. The molecule has 1 fully saturated rings. The quantitative estimate of drug-likeness (QED) is 0.614. The number of benzene rings is 1. The molecule has 1 saturated carbocycles. The van der Waals surface area contributed by atoms with E-state index < -0.39 is 18.1 Å². The third-order valence-corrected chi connectivity index (χ3v) is 3.08. The monoisotopic (exact) mass is 264 g/mol. The number of carbonyl (C=O) groups excluding carboxylic acids is 1. The molecule has 0 spiro atoms. The summed E-state index contributed by atoms with van der Waals surface area (Å²) in [6, 6.07) is 9.49. The maximum absolute atomic E-state index is 11.5. The Morgan fingerprint density at radius 2 is 2.00 bits per heavy atom. The molecule has 1 aromatic rings. The van der Waals surface area contributed by atoms with Gasteiger partial charge in [-0.05, 0) is 12.0 Å². The maximum Gasteiger partial charge on any atom is 0.334 e. The minimum atomic E-state index is -1.57. The number of hydrogen-bond acceptors (Lipinski definition) is 3. The van der Waals surface area contributed by atoms with Crippen LogP contribution in [-0.2, 0) is 4.79 Å². The number of hydrogen-bond donors (Lipinski definition) is 4. The summed E-state index contributed by atoms with van der Waals surface area (Å²) in [5, 5.41) is 22.5. The minimum Gasteiger partial charge on any atom is -0.479 e. The van der Waals surface area contributed by atoms with Crippen LogP contribution in [0.3, 0.4) is 0 Å². The second-order valence-corrected chi connectivity index (χ2v) is 4.57. The average molecular weight is 264 g/mol. The van der Waals surface area contributed by atoms with Crippen molar-refractivity contribution in [3.63, 3.8) is 0 Å². The number of aliphatic hydroxyl groups is 1. The number of urea groups is 1. The topological polar surface area (TPSA) is 98.7 Å². The standard InChI is InChI=1S/C13H16N2O4/c16-11(12(17)18)7-14-13(19)15-10-6-9(10)8-4-2-1-3-5-8/h1-5,9-11,16H,6-7H2,(H,17,18)(H2,14,15,19)/t9?,10?,11-/m0/s1. The molecule has 0 aromatic heterocycles. The molecule has 2 amide bonds. The molecule has 2 rings (SSSR count). The Labute approximate surface area is 110 Å². The van der Waals surface area contributed by atoms with E-state index in [9.17, 15) is 9.59 Å². The molecule has 0 aliphatic heterocycles. The smallest absolute Gasteiger partial charge is 0.334 e. The lowest BCUT2D eigenvalue weighted by Crippen LogP contribution is -2.43. The van der Waals surface area contributed by atoms with Crippen LogP contribution in [0.1, 0.15) is 17.9 Å². The van der Waals surface area contributed by atoms with E-state index in [4.69, 9.17) is 10.2 Å². The Morgan fingerprint density at radius 1 is 1.32 bits per heavy atom. The largest absolute Gasteiger partial charge is 0.479 e. The predicted octanol–water partition coefficient (Wildman–Crippen LogP) is 0.287. The van der Waals surface area contributed by atoms with Gasteiger partial charge in [-0.2, -0.15) is 0 Å². The highest BCUT2D eigenvalue weighted by Crippen LogP contribution is 2.40. The summed E-state index contributed by atoms with van der Waals surface area (Å²) < 4.78 is 0. The highest BCUT2D eigenvalue weighted by molar-refractivity contribution is 5.77. The van der Waals surface area contributed by atoms with E-state index in [-0.39, 0.29) is 12.6 Å². The molecule has 2 unspecified atom stereocenters. The molecule has 6 heteroatoms. The fourth-order valence-electron chi connectivity index (χ4n) is 1.92. The van der Waals surface area contributed by atoms with Crippen molar-refractivity contribution < 1.29 is 19.8 Å². The van der Waals surface area contributed by atoms with Crippen molar-refractivity contribution in [1.82, 2.24) is 10.6 Å². The second kappa shape index (κ2) is 5.71. The summed E-state index contributed by atoms with van der Waals surface area (Å²) in [5.74, 6) is -1.04. The molecule has 1 aliphatic carbocycles. The third kappa shape index (κ3) is 3.69. The van der Waals surface area contributed by atoms with Gasteiger partial charge in [0.25, 0.3) is 0 Å². The van der Waals surface area contributed by atoms with Crippen molar-refractivity contribution in [2.75, 3.05) is 6.54 Å². The molecule has 0 bridgehead atoms. The minimum absolute atomic E-state index is 0.0735. The normalized spacial score (nSPS) is 22.4. The van der Waals surface area contributed by atoms with Crippen LogP contribution >= 0.6 is 0 Å². The van der Waals surface area contributed by atoms with E-state index in [1.54, 1.807) is 0 Å². The summed E-state index contributed by atoms with van der Waals surface area (Å²) in [4.78, 5) is 21.8. The predicted molar refractivity (Wildman–Crippen MR) is 67.8 cm³/mol. The SMILES string of the molecule is O=C(NC[C@H](O)C(=O)O)NC1CC1c1ccccc1. The van der Waals surface area contributed by atoms with Gasteiger partial charge in [-0.1, -0.05) is 30.3 Å². The Hall–Kier alpha value is -2.08. The molecule has 102 valence electrons. The maximum atomic E-state index is 11.5. The lowest BCUT2D eigenvalue weighted by molar-refractivity contribution is -0.146. The number of aliphatic hydroxyl groups excluding tert-OH is 1. The molecule has 3 atom stereocenters. The van der Waals surface area contributed by atoms with Gasteiger partial charge in [-0.3, -0.25) is 0 Å². The van der Waals surface area contributed by atoms with Gasteiger partial charge >= 0.3 is 12.0 Å². The first kappa shape index (κ1) is 13.4. The lowest BCUT2D eigenvalue weighted by atomic mass is 10.1. The third-order valence-electron chi connectivity index (χ3n) is 3.08. The fourth-order valence-corrected chi connectivity index (χ4v) is 1.92. The zero-order valence-corrected chi connectivity index (χ0v) is 10.2. The highest BCUT2D eigenvalue weighted by Gasteiger charge is 2.39. The van der Waals surface area contributed by atoms with Crippen molar-refractivity contribution in [1.29, 1.82) is 0 Å². The van der Waals surface area contributed by atoms with Crippen LogP contribution in [0.25, 0.3) is 0 Å². The van der Waals surface area contributed by atoms with Crippen LogP contribution in [0.5, 0.6) is 0 Å². The summed E-state index contributed by atoms with van der Waals surface area (Å²) in [6.07, 6.45) is -0.700. The Morgan fingerprint density at radius 3 is 2.63 bits per heavy atom. The van der Waals surface area contributed by atoms with Gasteiger partial charge in [-0.25, -0.2) is 9.59 Å². The molecule has 1 aliphatic rings. The number of aliphatic carboxylic acids is 1. The molecule has 19 heavy (non-hydrogen) atoms. The van der Waals surface area contributed by atoms with Gasteiger partial charge in [0.15, 0.2) is 6.10 Å². The van der Waals surface area contributed by atoms with Gasteiger partial charge in [-0.15, -0.1) is 0 Å². The summed E-state index contributed by atoms with van der Waals surface area (Å²) in [5.41, 5.74) is 1.18. The van der Waals surface area contributed by atoms with Crippen LogP contribution in [0, 0.1) is 0 Å². The van der Waals surface area contributed by atoms with Crippen LogP contribution in [-0.4, -0.2) is 40.9 Å². The number of carboxylic acid groups (broad SMARTS) is 1. The second-order valence-electron chi connectivity index (χ2n) is 4.57. The van der Waals surface area contributed by atoms with E-state index in [1.807, 2.05) is 30.3 Å². The summed E-state index contributed by atoms with van der Waals surface area (Å²) in [6.45, 7) is -0.302. The number of rotatable bonds is 5. The summed E-state index contributed by atoms with van der Waals surface area (Å²) >= 11 is 0. The van der Waals surface area contributed by atoms with E-state index in [0.717, 1.165) is 6.42 Å². The molecular weight excluding hydrogens is 248 g/mol. The number of carboxylic acids is 1. The zero-order chi connectivity index (χ0) is 13.8. The van der Waals surface area contributed by atoms with Crippen LogP contribution < -0.4 is 10.6 Å². The molecule has 6 nitrogen and oxygen atoms in total. The van der Waals surface area contributed by atoms with Crippen LogP contribution in [0.15, 0.2) is 30.3 Å². The average Bonchev–Trinajstić information content (AvgIpc) is 3.16. The molecule has 1 aromatic carbocycles. The lowest BCUT2D eigenvalue weighted by Gasteiger charge is -2.09. The molecule has 0 saturated heterocycles. The van der Waals surface area contributed by atoms with Crippen LogP contribution in [0.2, 0.25) is 0 Å². The van der Waals surface area contributed by atoms with Gasteiger partial charge in [0.1, 0.15) is 0 Å². The first-order valence-electron chi connectivity index (χ1n) is 6.08.